The first-order valence-corrected chi connectivity index (χ1v) is 24.8. The highest BCUT2D eigenvalue weighted by molar-refractivity contribution is 6.40. The number of rotatable bonds is 34. The Morgan fingerprint density at radius 1 is 0.824 bits per heavy atom. The summed E-state index contributed by atoms with van der Waals surface area (Å²) in [6, 6.07) is -7.53. The van der Waals surface area contributed by atoms with Gasteiger partial charge in [0.05, 0.1) is 25.0 Å². The number of hydrogen-bond acceptors (Lipinski definition) is 17. The summed E-state index contributed by atoms with van der Waals surface area (Å²) >= 11 is 0. The summed E-state index contributed by atoms with van der Waals surface area (Å²) in [5.74, 6) is -8.51. The lowest BCUT2D eigenvalue weighted by atomic mass is 10.1. The number of hydrogen-bond donors (Lipinski definition) is 16. The van der Waals surface area contributed by atoms with Gasteiger partial charge >= 0.3 is 5.97 Å². The number of aliphatic hydroxyl groups excluding tert-OH is 1. The molecular weight excluding hydrogens is 969 g/mol. The minimum atomic E-state index is -1.55. The fraction of sp³-hybridized carbons (Fsp3) is 0.644. The third-order valence-corrected chi connectivity index (χ3v) is 12.0. The second-order valence-corrected chi connectivity index (χ2v) is 17.9. The van der Waals surface area contributed by atoms with Crippen LogP contribution in [0.1, 0.15) is 89.2 Å². The van der Waals surface area contributed by atoms with Crippen LogP contribution in [0.5, 0.6) is 0 Å². The molecule has 0 aromatic carbocycles. The number of aliphatic imine (C=N–C) groups is 2. The smallest absolute Gasteiger partial charge is 0.352 e. The number of carboxylic acids is 1. The molecule has 29 nitrogen and oxygen atoms in total. The average molecular weight is 1050 g/mol. The van der Waals surface area contributed by atoms with E-state index in [-0.39, 0.29) is 88.7 Å². The van der Waals surface area contributed by atoms with Gasteiger partial charge in [0.2, 0.25) is 35.4 Å². The molecule has 1 aromatic heterocycles. The van der Waals surface area contributed by atoms with E-state index in [1.807, 2.05) is 0 Å². The van der Waals surface area contributed by atoms with Crippen LogP contribution in [0.2, 0.25) is 0 Å². The van der Waals surface area contributed by atoms with E-state index in [1.165, 1.54) is 23.5 Å². The van der Waals surface area contributed by atoms with Gasteiger partial charge < -0.3 is 92.1 Å². The predicted molar refractivity (Wildman–Crippen MR) is 269 cm³/mol. The molecule has 1 aliphatic carbocycles. The zero-order valence-electron chi connectivity index (χ0n) is 41.6. The highest BCUT2D eigenvalue weighted by Crippen LogP contribution is 2.33. The molecule has 412 valence electrons. The lowest BCUT2D eigenvalue weighted by Gasteiger charge is -2.27. The summed E-state index contributed by atoms with van der Waals surface area (Å²) in [6.07, 6.45) is 6.45. The summed E-state index contributed by atoms with van der Waals surface area (Å²) in [6.45, 7) is -0.222. The number of imidazole rings is 1. The average Bonchev–Trinajstić information content (AvgIpc) is 3.84. The van der Waals surface area contributed by atoms with Crippen molar-refractivity contribution < 1.29 is 53.4 Å². The molecule has 0 bridgehead atoms. The Morgan fingerprint density at radius 2 is 1.51 bits per heavy atom. The van der Waals surface area contributed by atoms with Crippen molar-refractivity contribution in [1.29, 1.82) is 0 Å². The van der Waals surface area contributed by atoms with Crippen molar-refractivity contribution in [3.05, 3.63) is 30.0 Å². The largest absolute Gasteiger partial charge is 0.477 e. The van der Waals surface area contributed by atoms with Crippen molar-refractivity contribution in [3.8, 4) is 0 Å². The van der Waals surface area contributed by atoms with Crippen LogP contribution in [0.25, 0.3) is 0 Å². The third-order valence-electron chi connectivity index (χ3n) is 12.0. The molecule has 0 radical (unpaired) electrons. The van der Waals surface area contributed by atoms with Crippen LogP contribution in [0.4, 0.5) is 0 Å². The summed E-state index contributed by atoms with van der Waals surface area (Å²) in [7, 11) is 0. The Labute approximate surface area is 428 Å². The number of aromatic nitrogens is 2. The molecule has 3 rings (SSSR count). The van der Waals surface area contributed by atoms with Crippen LogP contribution >= 0.6 is 0 Å². The van der Waals surface area contributed by atoms with Crippen molar-refractivity contribution in [2.45, 2.75) is 132 Å². The zero-order chi connectivity index (χ0) is 54.7. The van der Waals surface area contributed by atoms with Crippen LogP contribution in [-0.4, -0.2) is 178 Å². The van der Waals surface area contributed by atoms with Gasteiger partial charge in [0, 0.05) is 37.9 Å². The Morgan fingerprint density at radius 3 is 2.12 bits per heavy atom. The van der Waals surface area contributed by atoms with Crippen LogP contribution < -0.4 is 72.0 Å². The molecule has 29 heteroatoms. The first-order valence-electron chi connectivity index (χ1n) is 24.8. The lowest BCUT2D eigenvalue weighted by Crippen LogP contribution is -2.61. The minimum Gasteiger partial charge on any atom is -0.477 e. The SMILES string of the molecule is NCCCC[C@H](NC(=O)[C@H](Cc1cnc[nH]1)NC(=O)[C@@H]1CCCN1C(=O)C(CCCN)=NC(=O)CNC(=O)C(NC(=O)[C@@H](NC(=O)[C@@H](N)CCCCN)[C@@H](O)CN)C1CC1)C(=O)N/C(=C\CCN=C(N)N)C(=O)O. The number of unbranched alkanes of at least 4 members (excludes halogenated alkanes) is 2. The summed E-state index contributed by atoms with van der Waals surface area (Å²) in [5.41, 5.74) is 38.9. The number of likely N-dealkylation sites (tertiary alicyclic amines) is 1. The topological polar surface area (TPSA) is 505 Å². The molecule has 1 aliphatic heterocycles. The maximum atomic E-state index is 14.2. The van der Waals surface area contributed by atoms with Crippen LogP contribution in [0.15, 0.2) is 34.3 Å². The number of aliphatic hydroxyl groups is 1. The molecule has 8 amide bonds. The molecule has 2 fully saturated rings. The fourth-order valence-electron chi connectivity index (χ4n) is 7.78. The number of nitrogens with two attached hydrogens (primary N) is 7. The molecule has 2 heterocycles. The van der Waals surface area contributed by atoms with E-state index in [1.54, 1.807) is 0 Å². The van der Waals surface area contributed by atoms with Crippen molar-refractivity contribution in [2.75, 3.05) is 45.8 Å². The molecule has 1 unspecified atom stereocenters. The molecule has 23 N–H and O–H groups in total. The Kier molecular flexibility index (Phi) is 26.8. The number of amides is 8. The van der Waals surface area contributed by atoms with Crippen molar-refractivity contribution in [1.82, 2.24) is 46.8 Å². The standard InChI is InChI=1S/C45H76N18O11/c46-15-3-1-8-27(50)37(66)62-36(33(64)21-49)42(71)61-35(25-13-14-25)41(70)55-23-34(65)57-29(10-5-17-48)43(72)63-19-7-12-32(63)40(69)60-31(20-26-22-53-24-56-26)39(68)58-28(9-2-4-16-47)38(67)59-30(44(73)74)11-6-18-54-45(51)52/h11,22,24-25,27-28,31-33,35-36,64H,1-10,12-21,23,46-50H2,(H,53,56)(H,55,70)(H,58,68)(H,59,67)(H,60,69)(H,61,71)(H,62,66)(H,73,74)(H4,51,52,54)/b30-11-,57-29?/t27-,28-,31-,32-,33-,35?,36-/m0/s1. The Bertz CT molecular complexity index is 2150. The van der Waals surface area contributed by atoms with Gasteiger partial charge in [-0.1, -0.05) is 12.5 Å². The third kappa shape index (κ3) is 20.9. The summed E-state index contributed by atoms with van der Waals surface area (Å²) in [4.78, 5) is 137. The van der Waals surface area contributed by atoms with E-state index in [2.05, 4.69) is 51.9 Å². The van der Waals surface area contributed by atoms with E-state index < -0.39 is 114 Å². The second-order valence-electron chi connectivity index (χ2n) is 17.9. The zero-order valence-corrected chi connectivity index (χ0v) is 41.6. The maximum Gasteiger partial charge on any atom is 0.352 e. The number of aromatic amines is 1. The highest BCUT2D eigenvalue weighted by atomic mass is 16.4. The number of aliphatic carboxylic acids is 1. The number of nitrogens with one attached hydrogen (secondary N) is 7. The van der Waals surface area contributed by atoms with E-state index in [9.17, 15) is 53.4 Å². The number of nitrogens with zero attached hydrogens (tertiary/aromatic N) is 4. The summed E-state index contributed by atoms with van der Waals surface area (Å²) < 4.78 is 0. The first kappa shape index (κ1) is 61.4. The first-order chi connectivity index (χ1) is 35.3. The van der Waals surface area contributed by atoms with Gasteiger partial charge in [0.1, 0.15) is 41.6 Å². The lowest BCUT2D eigenvalue weighted by molar-refractivity contribution is -0.137. The van der Waals surface area contributed by atoms with Crippen LogP contribution in [0, 0.1) is 5.92 Å². The highest BCUT2D eigenvalue weighted by Gasteiger charge is 2.41. The Balaban J connectivity index is 1.77. The molecule has 7 atom stereocenters. The van der Waals surface area contributed by atoms with E-state index in [0.717, 1.165) is 0 Å². The number of carbonyl (C=O) groups excluding carboxylic acids is 8. The minimum absolute atomic E-state index is 0.0407. The molecule has 74 heavy (non-hydrogen) atoms. The quantitative estimate of drug-likeness (QED) is 0.0132. The van der Waals surface area contributed by atoms with Gasteiger partial charge in [-0.25, -0.2) is 14.8 Å². The number of carboxylic acid groups (broad SMARTS) is 1. The maximum absolute atomic E-state index is 14.2. The van der Waals surface area contributed by atoms with Gasteiger partial charge in [0.25, 0.3) is 11.8 Å². The predicted octanol–water partition coefficient (Wildman–Crippen LogP) is -6.23. The van der Waals surface area contributed by atoms with Gasteiger partial charge in [-0.05, 0) is 103 Å². The van der Waals surface area contributed by atoms with Crippen LogP contribution in [0.3, 0.4) is 0 Å². The fourth-order valence-corrected chi connectivity index (χ4v) is 7.78. The van der Waals surface area contributed by atoms with Gasteiger partial charge in [-0.3, -0.25) is 43.3 Å². The van der Waals surface area contributed by atoms with E-state index >= 15 is 0 Å². The van der Waals surface area contributed by atoms with E-state index in [4.69, 9.17) is 40.1 Å². The molecule has 0 spiro atoms. The van der Waals surface area contributed by atoms with Crippen LogP contribution in [-0.2, 0) is 49.6 Å². The number of H-pyrrole nitrogens is 1. The molecule has 1 aromatic rings. The monoisotopic (exact) mass is 1040 g/mol. The van der Waals surface area contributed by atoms with Gasteiger partial charge in [-0.15, -0.1) is 0 Å². The summed E-state index contributed by atoms with van der Waals surface area (Å²) in [5, 5.41) is 35.4. The van der Waals surface area contributed by atoms with Crippen molar-refractivity contribution >= 4 is 64.9 Å². The molecular formula is C45H76N18O11. The number of carbonyl (C=O) groups is 9. The van der Waals surface area contributed by atoms with Crippen molar-refractivity contribution in [3.63, 3.8) is 0 Å². The molecule has 1 saturated heterocycles. The molecule has 1 saturated carbocycles. The van der Waals surface area contributed by atoms with Crippen molar-refractivity contribution in [2.24, 2.45) is 56.0 Å². The Hall–Kier alpha value is -6.92. The normalized spacial score (nSPS) is 17.1. The van der Waals surface area contributed by atoms with E-state index in [0.29, 0.717) is 57.2 Å². The molecule has 2 aliphatic rings. The number of guanidine groups is 1. The van der Waals surface area contributed by atoms with Gasteiger partial charge in [-0.2, -0.15) is 0 Å². The second kappa shape index (κ2) is 32.3. The van der Waals surface area contributed by atoms with Gasteiger partial charge in [0.15, 0.2) is 5.96 Å².